The zero-order valence-corrected chi connectivity index (χ0v) is 18.8. The van der Waals surface area contributed by atoms with Crippen LogP contribution < -0.4 is 14.5 Å². The van der Waals surface area contributed by atoms with E-state index in [0.29, 0.717) is 30.0 Å². The number of benzene rings is 1. The van der Waals surface area contributed by atoms with Crippen molar-refractivity contribution in [1.29, 1.82) is 0 Å². The van der Waals surface area contributed by atoms with Crippen molar-refractivity contribution in [2.75, 3.05) is 36.0 Å². The molecule has 0 spiro atoms. The van der Waals surface area contributed by atoms with Crippen molar-refractivity contribution in [3.05, 3.63) is 42.0 Å². The minimum absolute atomic E-state index is 0.0963. The van der Waals surface area contributed by atoms with Crippen molar-refractivity contribution in [2.45, 2.75) is 50.6 Å². The van der Waals surface area contributed by atoms with Crippen molar-refractivity contribution in [3.63, 3.8) is 0 Å². The monoisotopic (exact) mass is 484 g/mol. The van der Waals surface area contributed by atoms with Crippen LogP contribution in [0.25, 0.3) is 0 Å². The smallest absolute Gasteiger partial charge is 0.329 e. The molecule has 6 nitrogen and oxygen atoms in total. The van der Waals surface area contributed by atoms with Crippen LogP contribution in [0.3, 0.4) is 0 Å². The number of hydrogen-bond donors (Lipinski definition) is 0. The number of nitrogens with zero attached hydrogens (tertiary/aromatic N) is 4. The highest BCUT2D eigenvalue weighted by atomic mass is 19.3. The van der Waals surface area contributed by atoms with Gasteiger partial charge in [0.15, 0.2) is 11.6 Å². The standard InChI is InChI=1S/C23H25F5N4O2/c1-14(9-15(2)33)16-3-5-17(6-4-16)34-18-7-8-31(10-18)20-19(24)21(30-13-29-20)32-11-22(25,26)23(27,28)12-32/h3-6,13-14,18H,7-12H2,1-2H3/t14-,18-/m1/s1. The van der Waals surface area contributed by atoms with Gasteiger partial charge in [-0.25, -0.2) is 9.97 Å². The Hall–Kier alpha value is -2.98. The maximum atomic E-state index is 15.1. The number of Topliss-reactive ketones (excluding diaryl/α,β-unsaturated/α-hetero) is 1. The summed E-state index contributed by atoms with van der Waals surface area (Å²) in [5.41, 5.74) is 1.02. The first-order chi connectivity index (χ1) is 16.0. The van der Waals surface area contributed by atoms with E-state index in [1.807, 2.05) is 31.2 Å². The quantitative estimate of drug-likeness (QED) is 0.542. The van der Waals surface area contributed by atoms with Gasteiger partial charge in [0.05, 0.1) is 19.6 Å². The Morgan fingerprint density at radius 1 is 1.09 bits per heavy atom. The maximum Gasteiger partial charge on any atom is 0.329 e. The van der Waals surface area contributed by atoms with Gasteiger partial charge in [-0.2, -0.15) is 22.0 Å². The molecule has 2 saturated heterocycles. The van der Waals surface area contributed by atoms with Crippen LogP contribution in [-0.4, -0.2) is 59.9 Å². The van der Waals surface area contributed by atoms with Crippen LogP contribution in [0.2, 0.25) is 0 Å². The van der Waals surface area contributed by atoms with Gasteiger partial charge in [0.25, 0.3) is 0 Å². The summed E-state index contributed by atoms with van der Waals surface area (Å²) < 4.78 is 75.4. The highest BCUT2D eigenvalue weighted by molar-refractivity contribution is 5.76. The van der Waals surface area contributed by atoms with Crippen LogP contribution in [0, 0.1) is 5.82 Å². The topological polar surface area (TPSA) is 58.6 Å². The predicted octanol–water partition coefficient (Wildman–Crippen LogP) is 4.45. The summed E-state index contributed by atoms with van der Waals surface area (Å²) in [6, 6.07) is 7.42. The molecule has 3 heterocycles. The molecule has 4 rings (SSSR count). The zero-order valence-electron chi connectivity index (χ0n) is 18.8. The Bertz CT molecular complexity index is 1030. The molecule has 0 bridgehead atoms. The Labute approximate surface area is 193 Å². The van der Waals surface area contributed by atoms with Crippen LogP contribution in [0.15, 0.2) is 30.6 Å². The van der Waals surface area contributed by atoms with Gasteiger partial charge in [-0.1, -0.05) is 19.1 Å². The Balaban J connectivity index is 1.41. The van der Waals surface area contributed by atoms with E-state index < -0.39 is 36.6 Å². The fourth-order valence-corrected chi connectivity index (χ4v) is 4.34. The van der Waals surface area contributed by atoms with Gasteiger partial charge in [0.2, 0.25) is 5.82 Å². The number of alkyl halides is 4. The predicted molar refractivity (Wildman–Crippen MR) is 115 cm³/mol. The second-order valence-electron chi connectivity index (χ2n) is 8.95. The largest absolute Gasteiger partial charge is 0.489 e. The molecule has 184 valence electrons. The average Bonchev–Trinajstić information content (AvgIpc) is 3.29. The van der Waals surface area contributed by atoms with E-state index >= 15 is 4.39 Å². The van der Waals surface area contributed by atoms with Gasteiger partial charge in [-0.3, -0.25) is 0 Å². The highest BCUT2D eigenvalue weighted by Crippen LogP contribution is 2.43. The van der Waals surface area contributed by atoms with Crippen LogP contribution in [-0.2, 0) is 4.79 Å². The number of aromatic nitrogens is 2. The van der Waals surface area contributed by atoms with E-state index in [1.165, 1.54) is 0 Å². The third kappa shape index (κ3) is 4.78. The lowest BCUT2D eigenvalue weighted by Gasteiger charge is -2.22. The number of ketones is 1. The number of anilines is 2. The molecule has 0 N–H and O–H groups in total. The Morgan fingerprint density at radius 3 is 2.26 bits per heavy atom. The molecule has 0 radical (unpaired) electrons. The number of hydrogen-bond acceptors (Lipinski definition) is 6. The van der Waals surface area contributed by atoms with E-state index in [-0.39, 0.29) is 30.2 Å². The summed E-state index contributed by atoms with van der Waals surface area (Å²) in [4.78, 5) is 21.0. The number of ether oxygens (including phenoxy) is 1. The second kappa shape index (κ2) is 8.99. The summed E-state index contributed by atoms with van der Waals surface area (Å²) in [5, 5.41) is 0. The van der Waals surface area contributed by atoms with Crippen molar-refractivity contribution in [3.8, 4) is 5.75 Å². The fourth-order valence-electron chi connectivity index (χ4n) is 4.34. The summed E-state index contributed by atoms with van der Waals surface area (Å²) >= 11 is 0. The minimum Gasteiger partial charge on any atom is -0.489 e. The van der Waals surface area contributed by atoms with Crippen LogP contribution >= 0.6 is 0 Å². The third-order valence-corrected chi connectivity index (χ3v) is 6.16. The Morgan fingerprint density at radius 2 is 1.68 bits per heavy atom. The highest BCUT2D eigenvalue weighted by Gasteiger charge is 2.63. The molecular weight excluding hydrogens is 459 g/mol. The molecule has 34 heavy (non-hydrogen) atoms. The Kier molecular flexibility index (Phi) is 6.39. The number of carbonyl (C=O) groups is 1. The van der Waals surface area contributed by atoms with E-state index in [9.17, 15) is 22.4 Å². The van der Waals surface area contributed by atoms with E-state index in [1.54, 1.807) is 11.8 Å². The molecule has 0 aliphatic carbocycles. The maximum absolute atomic E-state index is 15.1. The first-order valence-corrected chi connectivity index (χ1v) is 11.0. The first kappa shape index (κ1) is 24.2. The lowest BCUT2D eigenvalue weighted by molar-refractivity contribution is -0.172. The van der Waals surface area contributed by atoms with Gasteiger partial charge < -0.3 is 19.3 Å². The summed E-state index contributed by atoms with van der Waals surface area (Å²) in [6.07, 6.45) is 1.72. The van der Waals surface area contributed by atoms with Crippen LogP contribution in [0.4, 0.5) is 33.6 Å². The normalized spacial score (nSPS) is 22.1. The molecule has 0 unspecified atom stereocenters. The SMILES string of the molecule is CC(=O)C[C@@H](C)c1ccc(O[C@@H]2CCN(c3ncnc(N4CC(F)(F)C(F)(F)C4)c3F)C2)cc1. The summed E-state index contributed by atoms with van der Waals surface area (Å²) in [6.45, 7) is 1.56. The van der Waals surface area contributed by atoms with Crippen molar-refractivity contribution in [2.24, 2.45) is 0 Å². The van der Waals surface area contributed by atoms with Gasteiger partial charge >= 0.3 is 11.8 Å². The number of rotatable bonds is 7. The number of halogens is 5. The van der Waals surface area contributed by atoms with E-state index in [2.05, 4.69) is 9.97 Å². The van der Waals surface area contributed by atoms with Crippen LogP contribution in [0.1, 0.15) is 38.2 Å². The summed E-state index contributed by atoms with van der Waals surface area (Å²) in [7, 11) is 0. The molecule has 11 heteroatoms. The van der Waals surface area contributed by atoms with E-state index in [4.69, 9.17) is 4.74 Å². The molecule has 0 saturated carbocycles. The van der Waals surface area contributed by atoms with Gasteiger partial charge in [0, 0.05) is 19.4 Å². The van der Waals surface area contributed by atoms with Crippen molar-refractivity contribution >= 4 is 17.4 Å². The number of carbonyl (C=O) groups excluding carboxylic acids is 1. The van der Waals surface area contributed by atoms with Gasteiger partial charge in [0.1, 0.15) is 24.0 Å². The average molecular weight is 484 g/mol. The van der Waals surface area contributed by atoms with Gasteiger partial charge in [-0.05, 0) is 30.5 Å². The van der Waals surface area contributed by atoms with E-state index in [0.717, 1.165) is 11.9 Å². The summed E-state index contributed by atoms with van der Waals surface area (Å²) in [5.74, 6) is -9.42. The molecule has 1 aromatic heterocycles. The molecule has 2 atom stereocenters. The van der Waals surface area contributed by atoms with Crippen molar-refractivity contribution in [1.82, 2.24) is 9.97 Å². The van der Waals surface area contributed by atoms with Crippen LogP contribution in [0.5, 0.6) is 5.75 Å². The molecule has 1 aromatic carbocycles. The first-order valence-electron chi connectivity index (χ1n) is 11.0. The van der Waals surface area contributed by atoms with Gasteiger partial charge in [-0.15, -0.1) is 0 Å². The lowest BCUT2D eigenvalue weighted by Crippen LogP contribution is -2.38. The van der Waals surface area contributed by atoms with Crippen molar-refractivity contribution < 1.29 is 31.5 Å². The molecule has 2 aromatic rings. The molecular formula is C23H25F5N4O2. The molecule has 2 fully saturated rings. The third-order valence-electron chi connectivity index (χ3n) is 6.16. The molecule has 2 aliphatic heterocycles. The zero-order chi connectivity index (χ0) is 24.7. The minimum atomic E-state index is -4.27. The molecule has 0 amide bonds. The molecule has 2 aliphatic rings. The fraction of sp³-hybridized carbons (Fsp3) is 0.522. The second-order valence-corrected chi connectivity index (χ2v) is 8.95. The lowest BCUT2D eigenvalue weighted by atomic mass is 9.96.